The highest BCUT2D eigenvalue weighted by Crippen LogP contribution is 2.26. The molecule has 124 valence electrons. The van der Waals surface area contributed by atoms with Gasteiger partial charge in [0.2, 0.25) is 0 Å². The predicted octanol–water partition coefficient (Wildman–Crippen LogP) is 2.51. The molecule has 0 saturated carbocycles. The van der Waals surface area contributed by atoms with Crippen LogP contribution >= 0.6 is 0 Å². The Morgan fingerprint density at radius 1 is 1.00 bits per heavy atom. The molecule has 0 aliphatic heterocycles. The monoisotopic (exact) mass is 334 g/mol. The van der Waals surface area contributed by atoms with Gasteiger partial charge in [0.25, 0.3) is 0 Å². The van der Waals surface area contributed by atoms with Crippen molar-refractivity contribution in [3.05, 3.63) is 71.3 Å². The molecule has 2 aromatic carbocycles. The largest absolute Gasteiger partial charge is 0.390 e. The summed E-state index contributed by atoms with van der Waals surface area (Å²) in [6.45, 7) is 1.97. The lowest BCUT2D eigenvalue weighted by molar-refractivity contribution is 0.0149. The lowest BCUT2D eigenvalue weighted by Crippen LogP contribution is -2.26. The van der Waals surface area contributed by atoms with E-state index in [4.69, 9.17) is 4.74 Å². The van der Waals surface area contributed by atoms with Gasteiger partial charge in [0.1, 0.15) is 15.9 Å². The van der Waals surface area contributed by atoms with Crippen LogP contribution in [0.5, 0.6) is 0 Å². The zero-order valence-electron chi connectivity index (χ0n) is 13.3. The summed E-state index contributed by atoms with van der Waals surface area (Å²) in [5.41, 5.74) is 3.08. The van der Waals surface area contributed by atoms with E-state index in [0.29, 0.717) is 0 Å². The van der Waals surface area contributed by atoms with E-state index in [9.17, 15) is 13.5 Å². The van der Waals surface area contributed by atoms with Crippen LogP contribution in [0.2, 0.25) is 0 Å². The highest BCUT2D eigenvalue weighted by molar-refractivity contribution is 7.90. The van der Waals surface area contributed by atoms with Crippen LogP contribution in [-0.2, 0) is 14.6 Å². The molecule has 2 atom stereocenters. The number of aryl methyl sites for hydroxylation is 1. The summed E-state index contributed by atoms with van der Waals surface area (Å²) in [5, 5.41) is 9.87. The van der Waals surface area contributed by atoms with Crippen LogP contribution in [0, 0.1) is 6.92 Å². The van der Waals surface area contributed by atoms with Gasteiger partial charge in [-0.2, -0.15) is 0 Å². The molecular formula is C18H22O4S. The molecule has 2 rings (SSSR count). The van der Waals surface area contributed by atoms with E-state index < -0.39 is 15.9 Å². The normalized spacial score (nSPS) is 14.4. The van der Waals surface area contributed by atoms with Crippen molar-refractivity contribution in [2.45, 2.75) is 19.1 Å². The molecule has 0 aliphatic carbocycles. The number of ether oxygens (including phenoxy) is 1. The Labute approximate surface area is 137 Å². The summed E-state index contributed by atoms with van der Waals surface area (Å²) in [6.07, 6.45) is -0.280. The van der Waals surface area contributed by atoms with Crippen LogP contribution in [-0.4, -0.2) is 38.2 Å². The van der Waals surface area contributed by atoms with Crippen molar-refractivity contribution in [2.75, 3.05) is 18.6 Å². The zero-order chi connectivity index (χ0) is 16.9. The molecule has 5 heteroatoms. The van der Waals surface area contributed by atoms with Crippen molar-refractivity contribution < 1.29 is 18.3 Å². The molecule has 0 radical (unpaired) electrons. The lowest BCUT2D eigenvalue weighted by Gasteiger charge is -2.21. The summed E-state index contributed by atoms with van der Waals surface area (Å²) < 4.78 is 28.3. The van der Waals surface area contributed by atoms with Crippen molar-refractivity contribution in [1.29, 1.82) is 0 Å². The molecule has 0 spiro atoms. The van der Waals surface area contributed by atoms with Gasteiger partial charge in [0, 0.05) is 6.26 Å². The average molecular weight is 334 g/mol. The first-order chi connectivity index (χ1) is 10.8. The second-order valence-electron chi connectivity index (χ2n) is 5.78. The maximum Gasteiger partial charge on any atom is 0.150 e. The molecule has 0 heterocycles. The summed E-state index contributed by atoms with van der Waals surface area (Å²) in [6, 6.07) is 17.6. The fourth-order valence-electron chi connectivity index (χ4n) is 2.36. The van der Waals surface area contributed by atoms with E-state index in [2.05, 4.69) is 0 Å². The number of rotatable bonds is 7. The van der Waals surface area contributed by atoms with E-state index in [1.165, 1.54) is 0 Å². The van der Waals surface area contributed by atoms with Crippen LogP contribution < -0.4 is 0 Å². The fraction of sp³-hybridized carbons (Fsp3) is 0.333. The predicted molar refractivity (Wildman–Crippen MR) is 91.1 cm³/mol. The molecule has 0 fully saturated rings. The Bertz CT molecular complexity index is 708. The first-order valence-corrected chi connectivity index (χ1v) is 9.50. The maximum atomic E-state index is 11.2. The van der Waals surface area contributed by atoms with Gasteiger partial charge < -0.3 is 9.84 Å². The molecule has 0 amide bonds. The standard InChI is InChI=1S/C18H22O4S/c1-14-8-10-16(11-9-14)18(15-6-4-3-5-7-15)22-12-17(19)13-23(2,20)21/h3-11,17-19H,12-13H2,1-2H3. The molecule has 0 saturated heterocycles. The third-order valence-electron chi connectivity index (χ3n) is 3.43. The molecule has 1 N–H and O–H groups in total. The summed E-state index contributed by atoms with van der Waals surface area (Å²) in [4.78, 5) is 0. The third kappa shape index (κ3) is 5.78. The van der Waals surface area contributed by atoms with E-state index in [1.807, 2.05) is 61.5 Å². The van der Waals surface area contributed by atoms with Crippen LogP contribution in [0.1, 0.15) is 22.8 Å². The minimum Gasteiger partial charge on any atom is -0.390 e. The second-order valence-corrected chi connectivity index (χ2v) is 7.97. The molecule has 0 aromatic heterocycles. The number of sulfone groups is 1. The number of hydrogen-bond donors (Lipinski definition) is 1. The Balaban J connectivity index is 2.16. The van der Waals surface area contributed by atoms with Crippen molar-refractivity contribution in [3.8, 4) is 0 Å². The van der Waals surface area contributed by atoms with Crippen LogP contribution in [0.4, 0.5) is 0 Å². The Kier molecular flexibility index (Phi) is 5.93. The quantitative estimate of drug-likeness (QED) is 0.845. The van der Waals surface area contributed by atoms with E-state index in [-0.39, 0.29) is 18.5 Å². The first kappa shape index (κ1) is 17.7. The Morgan fingerprint density at radius 3 is 2.13 bits per heavy atom. The number of benzene rings is 2. The molecule has 2 unspecified atom stereocenters. The molecular weight excluding hydrogens is 312 g/mol. The van der Waals surface area contributed by atoms with Gasteiger partial charge in [-0.1, -0.05) is 60.2 Å². The van der Waals surface area contributed by atoms with Gasteiger partial charge in [-0.3, -0.25) is 0 Å². The second kappa shape index (κ2) is 7.73. The molecule has 2 aromatic rings. The Hall–Kier alpha value is -1.69. The fourth-order valence-corrected chi connectivity index (χ4v) is 3.15. The van der Waals surface area contributed by atoms with Crippen molar-refractivity contribution >= 4 is 9.84 Å². The van der Waals surface area contributed by atoms with Gasteiger partial charge in [0.15, 0.2) is 0 Å². The smallest absolute Gasteiger partial charge is 0.150 e. The summed E-state index contributed by atoms with van der Waals surface area (Å²) in [5.74, 6) is -0.303. The SMILES string of the molecule is Cc1ccc(C(OCC(O)CS(C)(=O)=O)c2ccccc2)cc1. The number of aliphatic hydroxyl groups excluding tert-OH is 1. The number of hydrogen-bond acceptors (Lipinski definition) is 4. The maximum absolute atomic E-state index is 11.2. The third-order valence-corrected chi connectivity index (χ3v) is 4.42. The topological polar surface area (TPSA) is 63.6 Å². The molecule has 4 nitrogen and oxygen atoms in total. The van der Waals surface area contributed by atoms with Crippen LogP contribution in [0.25, 0.3) is 0 Å². The highest BCUT2D eigenvalue weighted by Gasteiger charge is 2.18. The van der Waals surface area contributed by atoms with Gasteiger partial charge >= 0.3 is 0 Å². The summed E-state index contributed by atoms with van der Waals surface area (Å²) in [7, 11) is -3.24. The minimum atomic E-state index is -3.24. The van der Waals surface area contributed by atoms with Crippen molar-refractivity contribution in [3.63, 3.8) is 0 Å². The average Bonchev–Trinajstić information content (AvgIpc) is 2.48. The first-order valence-electron chi connectivity index (χ1n) is 7.44. The van der Waals surface area contributed by atoms with Crippen LogP contribution in [0.15, 0.2) is 54.6 Å². The van der Waals surface area contributed by atoms with E-state index in [1.54, 1.807) is 0 Å². The van der Waals surface area contributed by atoms with Gasteiger partial charge in [-0.15, -0.1) is 0 Å². The van der Waals surface area contributed by atoms with Gasteiger partial charge in [0.05, 0.1) is 18.5 Å². The van der Waals surface area contributed by atoms with Crippen molar-refractivity contribution in [2.24, 2.45) is 0 Å². The molecule has 0 aliphatic rings. The van der Waals surface area contributed by atoms with Gasteiger partial charge in [-0.25, -0.2) is 8.42 Å². The lowest BCUT2D eigenvalue weighted by atomic mass is 10.0. The van der Waals surface area contributed by atoms with Gasteiger partial charge in [-0.05, 0) is 18.1 Å². The molecule has 23 heavy (non-hydrogen) atoms. The van der Waals surface area contributed by atoms with Crippen molar-refractivity contribution in [1.82, 2.24) is 0 Å². The Morgan fingerprint density at radius 2 is 1.57 bits per heavy atom. The van der Waals surface area contributed by atoms with E-state index in [0.717, 1.165) is 22.9 Å². The number of aliphatic hydroxyl groups is 1. The molecule has 0 bridgehead atoms. The minimum absolute atomic E-state index is 0.0412. The van der Waals surface area contributed by atoms with Crippen LogP contribution in [0.3, 0.4) is 0 Å². The zero-order valence-corrected chi connectivity index (χ0v) is 14.2. The highest BCUT2D eigenvalue weighted by atomic mass is 32.2. The summed E-state index contributed by atoms with van der Waals surface area (Å²) >= 11 is 0. The van der Waals surface area contributed by atoms with E-state index >= 15 is 0 Å².